The fraction of sp³-hybridized carbons (Fsp3) is 0.0714. The molecule has 1 aromatic carbocycles. The SMILES string of the molecule is CNC(=O)Nc1ccc(Oc2ccc(C(=O)NN)cc2)cn1. The van der Waals surface area contributed by atoms with Crippen LogP contribution >= 0.6 is 0 Å². The van der Waals surface area contributed by atoms with Gasteiger partial charge in [0.1, 0.15) is 17.3 Å². The molecule has 0 unspecified atom stereocenters. The Labute approximate surface area is 126 Å². The van der Waals surface area contributed by atoms with Gasteiger partial charge in [-0.3, -0.25) is 15.5 Å². The zero-order chi connectivity index (χ0) is 15.9. The van der Waals surface area contributed by atoms with Crippen molar-refractivity contribution in [3.8, 4) is 11.5 Å². The van der Waals surface area contributed by atoms with Gasteiger partial charge in [0, 0.05) is 12.6 Å². The first-order valence-corrected chi connectivity index (χ1v) is 6.36. The highest BCUT2D eigenvalue weighted by Gasteiger charge is 2.05. The molecule has 0 aliphatic rings. The smallest absolute Gasteiger partial charge is 0.320 e. The van der Waals surface area contributed by atoms with Gasteiger partial charge in [0.15, 0.2) is 0 Å². The van der Waals surface area contributed by atoms with Gasteiger partial charge in [0.25, 0.3) is 5.91 Å². The van der Waals surface area contributed by atoms with Crippen molar-refractivity contribution < 1.29 is 14.3 Å². The van der Waals surface area contributed by atoms with E-state index in [-0.39, 0.29) is 11.9 Å². The lowest BCUT2D eigenvalue weighted by Crippen LogP contribution is -2.29. The van der Waals surface area contributed by atoms with Gasteiger partial charge in [0.05, 0.1) is 6.20 Å². The van der Waals surface area contributed by atoms with Crippen molar-refractivity contribution in [3.05, 3.63) is 48.2 Å². The Morgan fingerprint density at radius 2 is 1.77 bits per heavy atom. The van der Waals surface area contributed by atoms with Gasteiger partial charge in [-0.2, -0.15) is 0 Å². The number of urea groups is 1. The Morgan fingerprint density at radius 1 is 1.09 bits per heavy atom. The summed E-state index contributed by atoms with van der Waals surface area (Å²) in [7, 11) is 1.52. The van der Waals surface area contributed by atoms with Crippen LogP contribution in [0, 0.1) is 0 Å². The lowest BCUT2D eigenvalue weighted by molar-refractivity contribution is 0.0953. The third kappa shape index (κ3) is 3.93. The number of pyridine rings is 1. The van der Waals surface area contributed by atoms with Crippen LogP contribution in [0.1, 0.15) is 10.4 Å². The van der Waals surface area contributed by atoms with E-state index in [4.69, 9.17) is 10.6 Å². The molecule has 0 fully saturated rings. The summed E-state index contributed by atoms with van der Waals surface area (Å²) in [6, 6.07) is 9.39. The number of nitrogens with one attached hydrogen (secondary N) is 3. The Balaban J connectivity index is 2.01. The topological polar surface area (TPSA) is 118 Å². The van der Waals surface area contributed by atoms with Crippen molar-refractivity contribution >= 4 is 17.8 Å². The second-order valence-electron chi connectivity index (χ2n) is 4.18. The molecule has 0 spiro atoms. The normalized spacial score (nSPS) is 9.73. The van der Waals surface area contributed by atoms with E-state index in [2.05, 4.69) is 15.6 Å². The molecule has 1 heterocycles. The maximum absolute atomic E-state index is 11.3. The van der Waals surface area contributed by atoms with Crippen molar-refractivity contribution in [2.24, 2.45) is 5.84 Å². The molecule has 0 aliphatic carbocycles. The van der Waals surface area contributed by atoms with E-state index in [1.165, 1.54) is 13.2 Å². The number of ether oxygens (including phenoxy) is 1. The van der Waals surface area contributed by atoms with Crippen LogP contribution in [0.3, 0.4) is 0 Å². The summed E-state index contributed by atoms with van der Waals surface area (Å²) < 4.78 is 5.58. The summed E-state index contributed by atoms with van der Waals surface area (Å²) in [5.41, 5.74) is 2.48. The maximum Gasteiger partial charge on any atom is 0.320 e. The van der Waals surface area contributed by atoms with Gasteiger partial charge in [-0.25, -0.2) is 15.6 Å². The molecule has 2 rings (SSSR count). The van der Waals surface area contributed by atoms with Crippen LogP contribution in [0.5, 0.6) is 11.5 Å². The van der Waals surface area contributed by atoms with E-state index in [9.17, 15) is 9.59 Å². The highest BCUT2D eigenvalue weighted by Crippen LogP contribution is 2.21. The van der Waals surface area contributed by atoms with E-state index in [1.54, 1.807) is 36.4 Å². The van der Waals surface area contributed by atoms with Gasteiger partial charge < -0.3 is 10.1 Å². The van der Waals surface area contributed by atoms with Gasteiger partial charge in [0.2, 0.25) is 0 Å². The van der Waals surface area contributed by atoms with Crippen molar-refractivity contribution in [1.29, 1.82) is 0 Å². The molecule has 8 heteroatoms. The molecule has 0 aliphatic heterocycles. The van der Waals surface area contributed by atoms with Gasteiger partial charge in [-0.05, 0) is 36.4 Å². The quantitative estimate of drug-likeness (QED) is 0.385. The molecular weight excluding hydrogens is 286 g/mol. The van der Waals surface area contributed by atoms with E-state index in [0.717, 1.165) is 0 Å². The van der Waals surface area contributed by atoms with Crippen molar-refractivity contribution in [2.45, 2.75) is 0 Å². The molecular formula is C14H15N5O3. The fourth-order valence-electron chi connectivity index (χ4n) is 1.59. The van der Waals surface area contributed by atoms with E-state index >= 15 is 0 Å². The number of rotatable bonds is 4. The lowest BCUT2D eigenvalue weighted by Gasteiger charge is -2.07. The molecule has 0 radical (unpaired) electrons. The number of benzene rings is 1. The predicted octanol–water partition coefficient (Wildman–Crippen LogP) is 1.23. The number of aromatic nitrogens is 1. The highest BCUT2D eigenvalue weighted by molar-refractivity contribution is 5.93. The monoisotopic (exact) mass is 301 g/mol. The largest absolute Gasteiger partial charge is 0.456 e. The number of hydrogen-bond acceptors (Lipinski definition) is 5. The van der Waals surface area contributed by atoms with Crippen LogP contribution in [0.25, 0.3) is 0 Å². The first-order valence-electron chi connectivity index (χ1n) is 6.36. The summed E-state index contributed by atoms with van der Waals surface area (Å²) in [6.07, 6.45) is 1.48. The van der Waals surface area contributed by atoms with Crippen LogP contribution in [0.2, 0.25) is 0 Å². The number of anilines is 1. The zero-order valence-electron chi connectivity index (χ0n) is 11.8. The van der Waals surface area contributed by atoms with Gasteiger partial charge in [-0.1, -0.05) is 0 Å². The molecule has 22 heavy (non-hydrogen) atoms. The standard InChI is InChI=1S/C14H15N5O3/c1-16-14(21)18-12-7-6-11(8-17-12)22-10-4-2-9(3-5-10)13(20)19-15/h2-8H,15H2,1H3,(H,19,20)(H2,16,17,18,21). The second kappa shape index (κ2) is 7.04. The number of hydrazine groups is 1. The summed E-state index contributed by atoms with van der Waals surface area (Å²) in [5, 5.41) is 4.96. The van der Waals surface area contributed by atoms with E-state index in [0.29, 0.717) is 22.9 Å². The Hall–Kier alpha value is -3.13. The number of nitrogen functional groups attached to an aromatic ring is 1. The Bertz CT molecular complexity index is 655. The van der Waals surface area contributed by atoms with Crippen LogP contribution in [0.15, 0.2) is 42.6 Å². The number of hydrogen-bond donors (Lipinski definition) is 4. The third-order valence-electron chi connectivity index (χ3n) is 2.69. The van der Waals surface area contributed by atoms with Crippen LogP contribution < -0.4 is 26.6 Å². The van der Waals surface area contributed by atoms with Crippen molar-refractivity contribution in [3.63, 3.8) is 0 Å². The average molecular weight is 301 g/mol. The van der Waals surface area contributed by atoms with Crippen molar-refractivity contribution in [1.82, 2.24) is 15.7 Å². The van der Waals surface area contributed by atoms with Gasteiger partial charge >= 0.3 is 6.03 Å². The second-order valence-corrected chi connectivity index (χ2v) is 4.18. The molecule has 0 saturated carbocycles. The predicted molar refractivity (Wildman–Crippen MR) is 80.5 cm³/mol. The molecule has 3 amide bonds. The first kappa shape index (κ1) is 15.3. The molecule has 1 aromatic heterocycles. The van der Waals surface area contributed by atoms with Crippen molar-refractivity contribution in [2.75, 3.05) is 12.4 Å². The summed E-state index contributed by atoms with van der Waals surface area (Å²) >= 11 is 0. The molecule has 2 aromatic rings. The van der Waals surface area contributed by atoms with Gasteiger partial charge in [-0.15, -0.1) is 0 Å². The molecule has 0 saturated heterocycles. The number of carbonyl (C=O) groups is 2. The molecule has 0 bridgehead atoms. The number of carbonyl (C=O) groups excluding carboxylic acids is 2. The number of nitrogens with two attached hydrogens (primary N) is 1. The van der Waals surface area contributed by atoms with E-state index < -0.39 is 0 Å². The van der Waals surface area contributed by atoms with Crippen LogP contribution in [-0.2, 0) is 0 Å². The minimum Gasteiger partial charge on any atom is -0.456 e. The molecule has 0 atom stereocenters. The first-order chi connectivity index (χ1) is 10.6. The Kier molecular flexibility index (Phi) is 4.89. The van der Waals surface area contributed by atoms with E-state index in [1.807, 2.05) is 5.43 Å². The summed E-state index contributed by atoms with van der Waals surface area (Å²) in [6.45, 7) is 0. The molecule has 114 valence electrons. The maximum atomic E-state index is 11.3. The third-order valence-corrected chi connectivity index (χ3v) is 2.69. The molecule has 5 N–H and O–H groups in total. The molecule has 8 nitrogen and oxygen atoms in total. The minimum absolute atomic E-state index is 0.352. The Morgan fingerprint density at radius 3 is 2.32 bits per heavy atom. The number of amides is 3. The highest BCUT2D eigenvalue weighted by atomic mass is 16.5. The average Bonchev–Trinajstić information content (AvgIpc) is 2.56. The summed E-state index contributed by atoms with van der Waals surface area (Å²) in [5.74, 6) is 6.12. The number of nitrogens with zero attached hydrogens (tertiary/aromatic N) is 1. The summed E-state index contributed by atoms with van der Waals surface area (Å²) in [4.78, 5) is 26.5. The van der Waals surface area contributed by atoms with Crippen LogP contribution in [-0.4, -0.2) is 24.0 Å². The van der Waals surface area contributed by atoms with Crippen LogP contribution in [0.4, 0.5) is 10.6 Å². The fourth-order valence-corrected chi connectivity index (χ4v) is 1.59. The zero-order valence-corrected chi connectivity index (χ0v) is 11.8. The lowest BCUT2D eigenvalue weighted by atomic mass is 10.2. The minimum atomic E-state index is -0.377.